The molecule has 6 unspecified atom stereocenters. The molecule has 0 saturated carbocycles. The minimum Gasteiger partial charge on any atom is -0.373 e. The Balaban J connectivity index is 1.48. The molecule has 7 nitrogen and oxygen atoms in total. The van der Waals surface area contributed by atoms with E-state index >= 15 is 0 Å². The maximum atomic E-state index is 12.6. The normalized spacial score (nSPS) is 42.5. The first-order chi connectivity index (χ1) is 11.0. The van der Waals surface area contributed by atoms with E-state index in [1.165, 1.54) is 4.90 Å². The van der Waals surface area contributed by atoms with Gasteiger partial charge in [-0.1, -0.05) is 0 Å². The van der Waals surface area contributed by atoms with Gasteiger partial charge in [-0.15, -0.1) is 0 Å². The quantitative estimate of drug-likeness (QED) is 0.684. The van der Waals surface area contributed by atoms with Crippen LogP contribution in [0.2, 0.25) is 0 Å². The fraction of sp³-hybridized carbons (Fsp3) is 0.812. The van der Waals surface area contributed by atoms with E-state index in [9.17, 15) is 14.4 Å². The molecule has 0 radical (unpaired) electrons. The van der Waals surface area contributed by atoms with Crippen LogP contribution >= 0.6 is 0 Å². The van der Waals surface area contributed by atoms with Crippen LogP contribution in [0, 0.1) is 11.8 Å². The van der Waals surface area contributed by atoms with Crippen molar-refractivity contribution in [3.63, 3.8) is 0 Å². The molecule has 6 atom stereocenters. The second-order valence-electron chi connectivity index (χ2n) is 7.18. The predicted molar refractivity (Wildman–Crippen MR) is 80.2 cm³/mol. The zero-order valence-electron chi connectivity index (χ0n) is 13.5. The Morgan fingerprint density at radius 1 is 1.17 bits per heavy atom. The van der Waals surface area contributed by atoms with Gasteiger partial charge in [-0.05, 0) is 26.7 Å². The number of hydrogen-bond acceptors (Lipinski definition) is 5. The molecule has 23 heavy (non-hydrogen) atoms. The number of nitrogens with one attached hydrogen (secondary N) is 1. The van der Waals surface area contributed by atoms with Gasteiger partial charge in [-0.2, -0.15) is 0 Å². The highest BCUT2D eigenvalue weighted by Gasteiger charge is 2.62. The Hall–Kier alpha value is -1.47. The van der Waals surface area contributed by atoms with Crippen molar-refractivity contribution in [2.75, 3.05) is 19.6 Å². The number of amides is 3. The van der Waals surface area contributed by atoms with E-state index in [4.69, 9.17) is 4.74 Å². The van der Waals surface area contributed by atoms with Crippen LogP contribution in [0.15, 0.2) is 0 Å². The Morgan fingerprint density at radius 2 is 1.78 bits per heavy atom. The van der Waals surface area contributed by atoms with Crippen LogP contribution in [0.5, 0.6) is 0 Å². The van der Waals surface area contributed by atoms with Crippen molar-refractivity contribution in [2.45, 2.75) is 51.0 Å². The van der Waals surface area contributed by atoms with Crippen molar-refractivity contribution >= 4 is 17.7 Å². The average molecular weight is 321 g/mol. The molecule has 4 saturated heterocycles. The summed E-state index contributed by atoms with van der Waals surface area (Å²) >= 11 is 0. The minimum absolute atomic E-state index is 0.0584. The lowest BCUT2D eigenvalue weighted by Gasteiger charge is -2.39. The van der Waals surface area contributed by atoms with Crippen molar-refractivity contribution in [2.24, 2.45) is 11.8 Å². The third-order valence-electron chi connectivity index (χ3n) is 6.02. The number of rotatable bonds is 2. The molecule has 0 aliphatic carbocycles. The van der Waals surface area contributed by atoms with Crippen LogP contribution in [-0.4, -0.2) is 71.4 Å². The van der Waals surface area contributed by atoms with Crippen LogP contribution < -0.4 is 5.32 Å². The second kappa shape index (κ2) is 5.27. The first kappa shape index (κ1) is 15.1. The molecule has 0 aromatic heterocycles. The first-order valence-corrected chi connectivity index (χ1v) is 8.52. The zero-order chi connectivity index (χ0) is 16.3. The van der Waals surface area contributed by atoms with E-state index in [1.807, 2.05) is 13.8 Å². The zero-order valence-corrected chi connectivity index (χ0v) is 13.5. The lowest BCUT2D eigenvalue weighted by Crippen LogP contribution is -2.59. The molecule has 1 N–H and O–H groups in total. The molecule has 0 spiro atoms. The summed E-state index contributed by atoms with van der Waals surface area (Å²) in [6.45, 7) is 5.26. The van der Waals surface area contributed by atoms with Gasteiger partial charge in [-0.3, -0.25) is 19.3 Å². The minimum atomic E-state index is -0.353. The summed E-state index contributed by atoms with van der Waals surface area (Å²) in [4.78, 5) is 40.8. The van der Waals surface area contributed by atoms with Crippen molar-refractivity contribution in [1.82, 2.24) is 15.1 Å². The highest BCUT2D eigenvalue weighted by molar-refractivity contribution is 6.08. The molecule has 0 aromatic rings. The molecule has 4 aliphatic rings. The molecule has 2 bridgehead atoms. The van der Waals surface area contributed by atoms with E-state index < -0.39 is 0 Å². The third kappa shape index (κ3) is 2.13. The smallest absolute Gasteiger partial charge is 0.243 e. The summed E-state index contributed by atoms with van der Waals surface area (Å²) in [5, 5.41) is 3.32. The monoisotopic (exact) mass is 321 g/mol. The topological polar surface area (TPSA) is 79.0 Å². The van der Waals surface area contributed by atoms with Gasteiger partial charge in [0.2, 0.25) is 17.7 Å². The number of hydrogen-bond donors (Lipinski definition) is 1. The molecule has 4 aliphatic heterocycles. The molecular formula is C16H23N3O4. The largest absolute Gasteiger partial charge is 0.373 e. The Labute approximate surface area is 135 Å². The summed E-state index contributed by atoms with van der Waals surface area (Å²) in [7, 11) is 0. The predicted octanol–water partition coefficient (Wildman–Crippen LogP) is -0.642. The number of carbonyl (C=O) groups is 3. The summed E-state index contributed by atoms with van der Waals surface area (Å²) in [6.07, 6.45) is 1.44. The molecule has 126 valence electrons. The number of carbonyl (C=O) groups excluding carboxylic acids is 3. The lowest BCUT2D eigenvalue weighted by atomic mass is 9.81. The van der Waals surface area contributed by atoms with Gasteiger partial charge in [0, 0.05) is 25.2 Å². The molecule has 3 amide bonds. The Kier molecular flexibility index (Phi) is 3.46. The number of ether oxygens (including phenoxy) is 1. The fourth-order valence-electron chi connectivity index (χ4n) is 4.56. The second-order valence-corrected chi connectivity index (χ2v) is 7.18. The van der Waals surface area contributed by atoms with E-state index in [-0.39, 0.29) is 60.4 Å². The van der Waals surface area contributed by atoms with Crippen LogP contribution in [0.3, 0.4) is 0 Å². The summed E-state index contributed by atoms with van der Waals surface area (Å²) < 4.78 is 5.71. The Morgan fingerprint density at radius 3 is 2.39 bits per heavy atom. The maximum Gasteiger partial charge on any atom is 0.243 e. The van der Waals surface area contributed by atoms with E-state index in [0.717, 1.165) is 19.4 Å². The molecule has 4 heterocycles. The van der Waals surface area contributed by atoms with E-state index in [2.05, 4.69) is 5.32 Å². The van der Waals surface area contributed by atoms with Gasteiger partial charge in [0.25, 0.3) is 0 Å². The highest BCUT2D eigenvalue weighted by atomic mass is 16.5. The van der Waals surface area contributed by atoms with Crippen LogP contribution in [0.25, 0.3) is 0 Å². The molecule has 4 fully saturated rings. The number of fused-ring (bicyclic) bond motifs is 5. The average Bonchev–Trinajstić information content (AvgIpc) is 3.19. The van der Waals surface area contributed by atoms with E-state index in [0.29, 0.717) is 6.54 Å². The van der Waals surface area contributed by atoms with Gasteiger partial charge in [0.15, 0.2) is 0 Å². The van der Waals surface area contributed by atoms with E-state index in [1.54, 1.807) is 4.90 Å². The SMILES string of the molecule is CC1NCCN(C(=O)CN2C(=O)C3C4CCC(O4)C3C2=O)C1C. The lowest BCUT2D eigenvalue weighted by molar-refractivity contribution is -0.149. The van der Waals surface area contributed by atoms with Crippen molar-refractivity contribution in [3.05, 3.63) is 0 Å². The maximum absolute atomic E-state index is 12.6. The summed E-state index contributed by atoms with van der Waals surface area (Å²) in [6, 6.07) is 0.268. The van der Waals surface area contributed by atoms with Crippen molar-refractivity contribution < 1.29 is 19.1 Å². The first-order valence-electron chi connectivity index (χ1n) is 8.52. The molecule has 4 rings (SSSR count). The number of piperazine rings is 1. The third-order valence-corrected chi connectivity index (χ3v) is 6.02. The number of imide groups is 1. The van der Waals surface area contributed by atoms with Crippen molar-refractivity contribution in [1.29, 1.82) is 0 Å². The summed E-state index contributed by atoms with van der Waals surface area (Å²) in [5.41, 5.74) is 0. The standard InChI is InChI=1S/C16H23N3O4/c1-8-9(2)18(6-5-17-8)12(20)7-19-15(21)13-10-3-4-11(23-10)14(13)16(19)22/h8-11,13-14,17H,3-7H2,1-2H3. The van der Waals surface area contributed by atoms with Crippen LogP contribution in [0.4, 0.5) is 0 Å². The number of nitrogens with zero attached hydrogens (tertiary/aromatic N) is 2. The van der Waals surface area contributed by atoms with Crippen molar-refractivity contribution in [3.8, 4) is 0 Å². The van der Waals surface area contributed by atoms with Gasteiger partial charge >= 0.3 is 0 Å². The fourth-order valence-corrected chi connectivity index (χ4v) is 4.56. The molecule has 0 aromatic carbocycles. The van der Waals surface area contributed by atoms with Gasteiger partial charge < -0.3 is 15.0 Å². The highest BCUT2D eigenvalue weighted by Crippen LogP contribution is 2.48. The molecular weight excluding hydrogens is 298 g/mol. The summed E-state index contributed by atoms with van der Waals surface area (Å²) in [5.74, 6) is -1.27. The van der Waals surface area contributed by atoms with Gasteiger partial charge in [-0.25, -0.2) is 0 Å². The van der Waals surface area contributed by atoms with Crippen LogP contribution in [0.1, 0.15) is 26.7 Å². The molecule has 7 heteroatoms. The van der Waals surface area contributed by atoms with Gasteiger partial charge in [0.05, 0.1) is 24.0 Å². The Bertz CT molecular complexity index is 538. The van der Waals surface area contributed by atoms with Crippen LogP contribution in [-0.2, 0) is 19.1 Å². The van der Waals surface area contributed by atoms with Gasteiger partial charge in [0.1, 0.15) is 6.54 Å². The number of likely N-dealkylation sites (tertiary alicyclic amines) is 1.